The molecule has 2 rings (SSSR count). The van der Waals surface area contributed by atoms with Gasteiger partial charge in [-0.15, -0.1) is 34.5 Å². The third-order valence-corrected chi connectivity index (χ3v) is 6.43. The van der Waals surface area contributed by atoms with Crippen LogP contribution < -0.4 is 5.32 Å². The van der Waals surface area contributed by atoms with Crippen molar-refractivity contribution in [3.05, 3.63) is 20.8 Å². The summed E-state index contributed by atoms with van der Waals surface area (Å²) >= 11 is 17.1. The van der Waals surface area contributed by atoms with Crippen LogP contribution in [0, 0.1) is 5.41 Å². The van der Waals surface area contributed by atoms with Crippen LogP contribution in [0.2, 0.25) is 0 Å². The molecule has 1 fully saturated rings. The average Bonchev–Trinajstić information content (AvgIpc) is 2.73. The van der Waals surface area contributed by atoms with Gasteiger partial charge in [0.2, 0.25) is 5.91 Å². The van der Waals surface area contributed by atoms with Crippen molar-refractivity contribution >= 4 is 56.4 Å². The summed E-state index contributed by atoms with van der Waals surface area (Å²) in [5.74, 6) is 0.455. The van der Waals surface area contributed by atoms with Crippen molar-refractivity contribution in [2.45, 2.75) is 37.6 Å². The summed E-state index contributed by atoms with van der Waals surface area (Å²) in [4.78, 5) is 13.1. The number of hydrogen-bond acceptors (Lipinski definition) is 2. The van der Waals surface area contributed by atoms with Gasteiger partial charge in [-0.1, -0.05) is 6.92 Å². The van der Waals surface area contributed by atoms with E-state index in [9.17, 15) is 4.79 Å². The van der Waals surface area contributed by atoms with E-state index in [0.717, 1.165) is 8.66 Å². The van der Waals surface area contributed by atoms with Gasteiger partial charge in [-0.2, -0.15) is 0 Å². The molecule has 0 aliphatic heterocycles. The van der Waals surface area contributed by atoms with Crippen molar-refractivity contribution in [2.75, 3.05) is 5.88 Å². The van der Waals surface area contributed by atoms with E-state index in [1.165, 1.54) is 0 Å². The average molecular weight is 385 g/mol. The lowest BCUT2D eigenvalue weighted by atomic mass is 9.62. The molecule has 0 spiro atoms. The molecule has 0 bridgehead atoms. The monoisotopic (exact) mass is 383 g/mol. The number of rotatable bonds is 4. The first kappa shape index (κ1) is 15.6. The molecule has 106 valence electrons. The molecule has 0 aromatic carbocycles. The Bertz CT molecular complexity index is 485. The van der Waals surface area contributed by atoms with E-state index in [0.29, 0.717) is 18.7 Å². The highest BCUT2D eigenvalue weighted by molar-refractivity contribution is 9.11. The van der Waals surface area contributed by atoms with Crippen molar-refractivity contribution < 1.29 is 4.79 Å². The highest BCUT2D eigenvalue weighted by Gasteiger charge is 2.54. The minimum atomic E-state index is -0.400. The molecule has 0 saturated heterocycles. The lowest BCUT2D eigenvalue weighted by Crippen LogP contribution is -2.55. The predicted molar refractivity (Wildman–Crippen MR) is 85.2 cm³/mol. The van der Waals surface area contributed by atoms with Gasteiger partial charge < -0.3 is 5.32 Å². The van der Waals surface area contributed by atoms with E-state index in [-0.39, 0.29) is 17.4 Å². The molecule has 1 aliphatic rings. The lowest BCUT2D eigenvalue weighted by molar-refractivity contribution is -0.136. The maximum atomic E-state index is 12.3. The van der Waals surface area contributed by atoms with Gasteiger partial charge in [0, 0.05) is 16.2 Å². The Balaban J connectivity index is 1.95. The number of halogens is 3. The number of thiophene rings is 1. The summed E-state index contributed by atoms with van der Waals surface area (Å²) in [6, 6.07) is 4.03. The van der Waals surface area contributed by atoms with Crippen LogP contribution in [0.15, 0.2) is 15.9 Å². The largest absolute Gasteiger partial charge is 0.348 e. The van der Waals surface area contributed by atoms with Gasteiger partial charge in [0.25, 0.3) is 0 Å². The molecule has 1 unspecified atom stereocenters. The zero-order valence-electron chi connectivity index (χ0n) is 10.8. The second-order valence-corrected chi connectivity index (χ2v) is 9.10. The first-order valence-electron chi connectivity index (χ1n) is 6.09. The Morgan fingerprint density at radius 3 is 2.68 bits per heavy atom. The highest BCUT2D eigenvalue weighted by atomic mass is 79.9. The summed E-state index contributed by atoms with van der Waals surface area (Å²) in [5.41, 5.74) is -0.389. The van der Waals surface area contributed by atoms with Crippen molar-refractivity contribution in [1.29, 1.82) is 0 Å². The topological polar surface area (TPSA) is 29.1 Å². The van der Waals surface area contributed by atoms with Crippen LogP contribution in [0.4, 0.5) is 0 Å². The molecule has 1 amide bonds. The maximum absolute atomic E-state index is 12.3. The van der Waals surface area contributed by atoms with Crippen molar-refractivity contribution in [1.82, 2.24) is 5.32 Å². The van der Waals surface area contributed by atoms with E-state index in [4.69, 9.17) is 23.2 Å². The number of alkyl halides is 2. The minimum absolute atomic E-state index is 0.0157. The molecular weight excluding hydrogens is 369 g/mol. The summed E-state index contributed by atoms with van der Waals surface area (Å²) < 4.78 is 1.07. The number of carbonyl (C=O) groups is 1. The third kappa shape index (κ3) is 3.29. The Kier molecular flexibility index (Phi) is 4.56. The fourth-order valence-electron chi connectivity index (χ4n) is 2.60. The van der Waals surface area contributed by atoms with Crippen LogP contribution in [0.25, 0.3) is 0 Å². The highest BCUT2D eigenvalue weighted by Crippen LogP contribution is 2.53. The minimum Gasteiger partial charge on any atom is -0.348 e. The van der Waals surface area contributed by atoms with Crippen LogP contribution >= 0.6 is 50.5 Å². The number of nitrogens with one attached hydrogen (secondary N) is 1. The molecule has 1 atom stereocenters. The van der Waals surface area contributed by atoms with Crippen molar-refractivity contribution in [3.63, 3.8) is 0 Å². The first-order chi connectivity index (χ1) is 8.78. The quantitative estimate of drug-likeness (QED) is 0.748. The molecule has 1 aromatic heterocycles. The molecule has 1 aromatic rings. The number of hydrogen-bond donors (Lipinski definition) is 1. The zero-order chi connectivity index (χ0) is 14.3. The Hall–Kier alpha value is 0.230. The molecule has 0 radical (unpaired) electrons. The molecule has 6 heteroatoms. The van der Waals surface area contributed by atoms with Crippen LogP contribution in [0.1, 0.15) is 37.6 Å². The van der Waals surface area contributed by atoms with Crippen LogP contribution in [0.3, 0.4) is 0 Å². The summed E-state index contributed by atoms with van der Waals surface area (Å²) in [5, 5.41) is 3.06. The summed E-state index contributed by atoms with van der Waals surface area (Å²) in [7, 11) is 0. The van der Waals surface area contributed by atoms with E-state index >= 15 is 0 Å². The summed E-state index contributed by atoms with van der Waals surface area (Å²) in [6.07, 6.45) is 1.27. The van der Waals surface area contributed by atoms with Gasteiger partial charge in [-0.05, 0) is 47.8 Å². The standard InChI is InChI=1S/C13H16BrCl2NOS/c1-8(9-3-4-10(14)19-9)17-11(18)12(2)5-13(16,6-12)7-15/h3-4,8H,5-7H2,1-2H3,(H,17,18). The second kappa shape index (κ2) is 5.55. The molecular formula is C13H16BrCl2NOS. The Morgan fingerprint density at radius 2 is 2.21 bits per heavy atom. The SMILES string of the molecule is CC(NC(=O)C1(C)CC(Cl)(CCl)C1)c1ccc(Br)s1. The molecule has 1 N–H and O–H groups in total. The fourth-order valence-corrected chi connectivity index (χ4v) is 4.81. The van der Waals surface area contributed by atoms with Crippen LogP contribution in [0.5, 0.6) is 0 Å². The molecule has 1 saturated carbocycles. The van der Waals surface area contributed by atoms with Crippen LogP contribution in [-0.2, 0) is 4.79 Å². The predicted octanol–water partition coefficient (Wildman–Crippen LogP) is 4.70. The summed E-state index contributed by atoms with van der Waals surface area (Å²) in [6.45, 7) is 3.94. The van der Waals surface area contributed by atoms with E-state index in [1.807, 2.05) is 26.0 Å². The zero-order valence-corrected chi connectivity index (χ0v) is 14.7. The normalized spacial score (nSPS) is 31.6. The van der Waals surface area contributed by atoms with Crippen LogP contribution in [-0.4, -0.2) is 16.7 Å². The number of amides is 1. The molecule has 19 heavy (non-hydrogen) atoms. The van der Waals surface area contributed by atoms with Crippen molar-refractivity contribution in [2.24, 2.45) is 5.41 Å². The fraction of sp³-hybridized carbons (Fsp3) is 0.615. The third-order valence-electron chi connectivity index (χ3n) is 3.57. The van der Waals surface area contributed by atoms with E-state index < -0.39 is 4.87 Å². The second-order valence-electron chi connectivity index (χ2n) is 5.54. The Labute approximate surface area is 136 Å². The van der Waals surface area contributed by atoms with Gasteiger partial charge in [0.1, 0.15) is 0 Å². The van der Waals surface area contributed by atoms with Gasteiger partial charge in [0.05, 0.1) is 14.7 Å². The van der Waals surface area contributed by atoms with Gasteiger partial charge in [-0.3, -0.25) is 4.79 Å². The smallest absolute Gasteiger partial charge is 0.226 e. The van der Waals surface area contributed by atoms with Gasteiger partial charge >= 0.3 is 0 Å². The molecule has 2 nitrogen and oxygen atoms in total. The van der Waals surface area contributed by atoms with E-state index in [1.54, 1.807) is 11.3 Å². The van der Waals surface area contributed by atoms with Gasteiger partial charge in [0.15, 0.2) is 0 Å². The van der Waals surface area contributed by atoms with Crippen molar-refractivity contribution in [3.8, 4) is 0 Å². The molecule has 1 heterocycles. The van der Waals surface area contributed by atoms with E-state index in [2.05, 4.69) is 21.2 Å². The first-order valence-corrected chi connectivity index (χ1v) is 8.61. The molecule has 1 aliphatic carbocycles. The lowest BCUT2D eigenvalue weighted by Gasteiger charge is -2.49. The number of carbonyl (C=O) groups excluding carboxylic acids is 1. The maximum Gasteiger partial charge on any atom is 0.226 e. The Morgan fingerprint density at radius 1 is 1.58 bits per heavy atom. The van der Waals surface area contributed by atoms with Gasteiger partial charge in [-0.25, -0.2) is 0 Å².